The fourth-order valence-electron chi connectivity index (χ4n) is 2.68. The summed E-state index contributed by atoms with van der Waals surface area (Å²) in [6, 6.07) is 17.0. The molecule has 127 valence electrons. The molecule has 3 rings (SSSR count). The summed E-state index contributed by atoms with van der Waals surface area (Å²) in [7, 11) is -0.0242. The predicted octanol–water partition coefficient (Wildman–Crippen LogP) is 5.04. The maximum atomic E-state index is 5.74. The van der Waals surface area contributed by atoms with Crippen LogP contribution in [0.15, 0.2) is 67.3 Å². The first kappa shape index (κ1) is 17.4. The van der Waals surface area contributed by atoms with Crippen LogP contribution in [0.3, 0.4) is 0 Å². The topological polar surface area (TPSA) is 20.5 Å². The SMILES string of the molecule is C=CCc1ccc(C2=CC(c3ccc(C(C)(C)C)cc3)=[O+][Si-]O2)cc1. The van der Waals surface area contributed by atoms with Crippen molar-refractivity contribution in [1.82, 2.24) is 0 Å². The number of hydrogen-bond donors (Lipinski definition) is 0. The van der Waals surface area contributed by atoms with Crippen molar-refractivity contribution in [3.8, 4) is 0 Å². The standard InChI is InChI=1S/C22H23O2Si/c1-5-6-16-7-9-17(10-8-16)20-15-21(24-25-23-20)18-11-13-19(14-12-18)22(2,3)4/h5,7-15H,1,6H2,2-4H3. The third kappa shape index (κ3) is 4.17. The normalized spacial score (nSPS) is 14.0. The summed E-state index contributed by atoms with van der Waals surface area (Å²) in [5.41, 5.74) is 4.84. The smallest absolute Gasteiger partial charge is 0.424 e. The van der Waals surface area contributed by atoms with Gasteiger partial charge in [0.05, 0.1) is 17.4 Å². The van der Waals surface area contributed by atoms with Crippen molar-refractivity contribution in [2.24, 2.45) is 0 Å². The van der Waals surface area contributed by atoms with E-state index in [1.165, 1.54) is 11.1 Å². The number of allylic oxidation sites excluding steroid dienone is 2. The fraction of sp³-hybridized carbons (Fsp3) is 0.227. The monoisotopic (exact) mass is 347 g/mol. The number of carbonyl (C=O) groups excluding carboxylic acids is 1. The van der Waals surface area contributed by atoms with E-state index < -0.39 is 0 Å². The third-order valence-corrected chi connectivity index (χ3v) is 4.83. The van der Waals surface area contributed by atoms with Gasteiger partial charge in [-0.3, -0.25) is 0 Å². The molecule has 0 N–H and O–H groups in total. The van der Waals surface area contributed by atoms with E-state index >= 15 is 0 Å². The second kappa shape index (κ2) is 7.24. The van der Waals surface area contributed by atoms with Crippen molar-refractivity contribution in [3.05, 3.63) is 89.5 Å². The summed E-state index contributed by atoms with van der Waals surface area (Å²) < 4.78 is 11.5. The highest BCUT2D eigenvalue weighted by Crippen LogP contribution is 2.24. The van der Waals surface area contributed by atoms with Crippen LogP contribution in [0.25, 0.3) is 5.76 Å². The molecule has 0 saturated heterocycles. The highest BCUT2D eigenvalue weighted by Gasteiger charge is 2.18. The minimum atomic E-state index is -0.0242. The maximum Gasteiger partial charge on any atom is 0.424 e. The number of rotatable bonds is 4. The number of benzene rings is 2. The molecule has 1 heterocycles. The largest absolute Gasteiger partial charge is 0.629 e. The Bertz CT molecular complexity index is 807. The van der Waals surface area contributed by atoms with Gasteiger partial charge in [-0.15, -0.1) is 6.58 Å². The van der Waals surface area contributed by atoms with Crippen LogP contribution in [0.2, 0.25) is 0 Å². The van der Waals surface area contributed by atoms with Gasteiger partial charge in [-0.2, -0.15) is 0 Å². The highest BCUT2D eigenvalue weighted by molar-refractivity contribution is 6.25. The molecule has 0 unspecified atom stereocenters. The van der Waals surface area contributed by atoms with Crippen molar-refractivity contribution in [3.63, 3.8) is 0 Å². The van der Waals surface area contributed by atoms with E-state index in [4.69, 9.17) is 8.54 Å². The lowest BCUT2D eigenvalue weighted by Crippen LogP contribution is -2.13. The molecule has 0 amide bonds. The van der Waals surface area contributed by atoms with E-state index in [9.17, 15) is 0 Å². The van der Waals surface area contributed by atoms with Gasteiger partial charge in [-0.25, -0.2) is 0 Å². The molecule has 0 bridgehead atoms. The number of hydrogen-bond acceptors (Lipinski definition) is 1. The molecule has 0 fully saturated rings. The molecule has 2 nitrogen and oxygen atoms in total. The molecule has 1 aliphatic heterocycles. The Morgan fingerprint density at radius 1 is 1.00 bits per heavy atom. The van der Waals surface area contributed by atoms with E-state index in [0.29, 0.717) is 0 Å². The van der Waals surface area contributed by atoms with E-state index in [-0.39, 0.29) is 15.4 Å². The summed E-state index contributed by atoms with van der Waals surface area (Å²) in [5.74, 6) is 1.71. The summed E-state index contributed by atoms with van der Waals surface area (Å²) in [5, 5.41) is 0. The minimum Gasteiger partial charge on any atom is -0.629 e. The molecule has 0 spiro atoms. The maximum absolute atomic E-state index is 5.74. The zero-order valence-electron chi connectivity index (χ0n) is 15.0. The van der Waals surface area contributed by atoms with Crippen molar-refractivity contribution < 1.29 is 8.54 Å². The first-order valence-corrected chi connectivity index (χ1v) is 9.27. The molecule has 1 aliphatic rings. The third-order valence-electron chi connectivity index (χ3n) is 4.22. The first-order valence-electron chi connectivity index (χ1n) is 8.46. The Hall–Kier alpha value is -2.39. The van der Waals surface area contributed by atoms with Gasteiger partial charge in [0.2, 0.25) is 0 Å². The summed E-state index contributed by atoms with van der Waals surface area (Å²) >= 11 is 0. The van der Waals surface area contributed by atoms with Crippen LogP contribution in [0.1, 0.15) is 47.1 Å². The lowest BCUT2D eigenvalue weighted by molar-refractivity contribution is -0.101. The lowest BCUT2D eigenvalue weighted by atomic mass is 9.86. The molecule has 0 atom stereocenters. The molecule has 25 heavy (non-hydrogen) atoms. The van der Waals surface area contributed by atoms with E-state index in [2.05, 4.69) is 75.9 Å². The van der Waals surface area contributed by atoms with Gasteiger partial charge in [-0.1, -0.05) is 63.2 Å². The van der Waals surface area contributed by atoms with Crippen LogP contribution in [0.4, 0.5) is 0 Å². The van der Waals surface area contributed by atoms with E-state index in [1.54, 1.807) is 0 Å². The Morgan fingerprint density at radius 3 is 2.24 bits per heavy atom. The van der Waals surface area contributed by atoms with Crippen molar-refractivity contribution in [2.45, 2.75) is 32.6 Å². The molecule has 2 aromatic carbocycles. The highest BCUT2D eigenvalue weighted by atomic mass is 28.2. The molecule has 1 radical (unpaired) electrons. The molecule has 0 aromatic heterocycles. The molecular formula is C22H23O2Si. The molecule has 3 heteroatoms. The Balaban J connectivity index is 1.84. The second-order valence-corrected chi connectivity index (χ2v) is 7.75. The summed E-state index contributed by atoms with van der Waals surface area (Å²) in [6.45, 7) is 10.4. The summed E-state index contributed by atoms with van der Waals surface area (Å²) in [4.78, 5) is 0. The van der Waals surface area contributed by atoms with Crippen molar-refractivity contribution >= 4 is 21.5 Å². The quantitative estimate of drug-likeness (QED) is 0.431. The van der Waals surface area contributed by atoms with Gasteiger partial charge in [0, 0.05) is 5.56 Å². The van der Waals surface area contributed by atoms with E-state index in [1.807, 2.05) is 12.2 Å². The Morgan fingerprint density at radius 2 is 1.64 bits per heavy atom. The average Bonchev–Trinajstić information content (AvgIpc) is 2.62. The van der Waals surface area contributed by atoms with Gasteiger partial charge < -0.3 is 8.54 Å². The van der Waals surface area contributed by atoms with Crippen LogP contribution in [-0.4, -0.2) is 15.8 Å². The van der Waals surface area contributed by atoms with Crippen LogP contribution in [0, 0.1) is 0 Å². The van der Waals surface area contributed by atoms with Gasteiger partial charge in [-0.05, 0) is 35.1 Å². The first-order chi connectivity index (χ1) is 12.0. The average molecular weight is 348 g/mol. The zero-order valence-corrected chi connectivity index (χ0v) is 16.0. The lowest BCUT2D eigenvalue weighted by Gasteiger charge is -2.19. The molecule has 0 saturated carbocycles. The van der Waals surface area contributed by atoms with Gasteiger partial charge in [0.25, 0.3) is 5.78 Å². The van der Waals surface area contributed by atoms with Crippen LogP contribution < -0.4 is 0 Å². The fourth-order valence-corrected chi connectivity index (χ4v) is 3.25. The van der Waals surface area contributed by atoms with Crippen LogP contribution >= 0.6 is 0 Å². The van der Waals surface area contributed by atoms with Gasteiger partial charge >= 0.3 is 10.0 Å². The Kier molecular flexibility index (Phi) is 5.05. The second-order valence-electron chi connectivity index (χ2n) is 7.18. The van der Waals surface area contributed by atoms with Gasteiger partial charge in [0.1, 0.15) is 0 Å². The molecule has 2 aromatic rings. The minimum absolute atomic E-state index is 0.0242. The zero-order chi connectivity index (χ0) is 17.9. The van der Waals surface area contributed by atoms with Crippen molar-refractivity contribution in [2.75, 3.05) is 0 Å². The van der Waals surface area contributed by atoms with Crippen LogP contribution in [0.5, 0.6) is 0 Å². The van der Waals surface area contributed by atoms with E-state index in [0.717, 1.165) is 29.1 Å². The molecular weight excluding hydrogens is 324 g/mol. The Labute approximate surface area is 152 Å². The molecule has 0 aliphatic carbocycles. The van der Waals surface area contributed by atoms with Gasteiger partial charge in [0.15, 0.2) is 0 Å². The summed E-state index contributed by atoms with van der Waals surface area (Å²) in [6.07, 6.45) is 4.77. The van der Waals surface area contributed by atoms with Crippen molar-refractivity contribution in [1.29, 1.82) is 0 Å². The number of ketones is 1. The van der Waals surface area contributed by atoms with Crippen LogP contribution in [-0.2, 0) is 16.3 Å². The predicted molar refractivity (Wildman–Crippen MR) is 105 cm³/mol.